The second kappa shape index (κ2) is 7.41. The van der Waals surface area contributed by atoms with E-state index >= 15 is 0 Å². The largest absolute Gasteiger partial charge is 0.456 e. The molecule has 2 heterocycles. The predicted molar refractivity (Wildman–Crippen MR) is 117 cm³/mol. The molecule has 1 atom stereocenters. The smallest absolute Gasteiger partial charge is 0.344 e. The molecule has 0 aliphatic carbocycles. The van der Waals surface area contributed by atoms with Crippen LogP contribution in [0, 0.1) is 10.1 Å². The second-order valence-electron chi connectivity index (χ2n) is 7.06. The number of rotatable bonds is 3. The average molecular weight is 432 g/mol. The fourth-order valence-corrected chi connectivity index (χ4v) is 3.95. The van der Waals surface area contributed by atoms with Gasteiger partial charge < -0.3 is 9.15 Å². The molecule has 0 spiro atoms. The molecule has 152 valence electrons. The molecule has 4 aromatic rings. The number of nitrogens with zero attached hydrogens (tertiary/aromatic N) is 1. The zero-order valence-electron chi connectivity index (χ0n) is 15.9. The summed E-state index contributed by atoms with van der Waals surface area (Å²) < 4.78 is 11.7. The molecule has 1 aromatic heterocycles. The van der Waals surface area contributed by atoms with E-state index in [2.05, 4.69) is 0 Å². The minimum atomic E-state index is -0.725. The number of ether oxygens (including phenoxy) is 1. The van der Waals surface area contributed by atoms with Crippen LogP contribution in [0.15, 0.2) is 88.1 Å². The molecule has 0 bridgehead atoms. The van der Waals surface area contributed by atoms with Gasteiger partial charge in [-0.15, -0.1) is 0 Å². The highest BCUT2D eigenvalue weighted by Gasteiger charge is 2.33. The van der Waals surface area contributed by atoms with E-state index in [1.807, 2.05) is 6.07 Å². The van der Waals surface area contributed by atoms with Gasteiger partial charge in [-0.05, 0) is 42.5 Å². The summed E-state index contributed by atoms with van der Waals surface area (Å²) in [5.74, 6) is 0.0856. The molecule has 3 aromatic carbocycles. The number of hydrogen-bond donors (Lipinski definition) is 0. The minimum absolute atomic E-state index is 0.0837. The molecular formula is C24H14ClNO5. The maximum Gasteiger partial charge on any atom is 0.344 e. The molecule has 0 fully saturated rings. The summed E-state index contributed by atoms with van der Waals surface area (Å²) in [7, 11) is 0. The van der Waals surface area contributed by atoms with Crippen LogP contribution in [0.1, 0.15) is 22.6 Å². The van der Waals surface area contributed by atoms with Gasteiger partial charge in [-0.1, -0.05) is 41.9 Å². The number of hydrogen-bond acceptors (Lipinski definition) is 5. The molecular weight excluding hydrogens is 418 g/mol. The maximum absolute atomic E-state index is 13.0. The first-order chi connectivity index (χ1) is 15.0. The summed E-state index contributed by atoms with van der Waals surface area (Å²) in [5, 5.41) is 12.9. The number of allylic oxidation sites excluding steroid dienone is 1. The van der Waals surface area contributed by atoms with E-state index in [4.69, 9.17) is 20.8 Å². The van der Waals surface area contributed by atoms with Crippen molar-refractivity contribution in [2.45, 2.75) is 5.92 Å². The van der Waals surface area contributed by atoms with Gasteiger partial charge in [-0.2, -0.15) is 0 Å². The van der Waals surface area contributed by atoms with Crippen LogP contribution in [0.25, 0.3) is 16.7 Å². The topological polar surface area (TPSA) is 82.6 Å². The van der Waals surface area contributed by atoms with Crippen LogP contribution >= 0.6 is 11.6 Å². The molecule has 0 saturated heterocycles. The van der Waals surface area contributed by atoms with Crippen molar-refractivity contribution in [3.63, 3.8) is 0 Å². The van der Waals surface area contributed by atoms with E-state index in [-0.39, 0.29) is 11.3 Å². The van der Waals surface area contributed by atoms with Crippen LogP contribution in [0.5, 0.6) is 5.75 Å². The van der Waals surface area contributed by atoms with Crippen molar-refractivity contribution in [1.82, 2.24) is 0 Å². The minimum Gasteiger partial charge on any atom is -0.456 e. The third kappa shape index (κ3) is 3.27. The number of fused-ring (bicyclic) bond motifs is 3. The van der Waals surface area contributed by atoms with E-state index in [0.29, 0.717) is 33.1 Å². The summed E-state index contributed by atoms with van der Waals surface area (Å²) in [6, 6.07) is 20.5. The van der Waals surface area contributed by atoms with Crippen LogP contribution in [0.2, 0.25) is 5.02 Å². The van der Waals surface area contributed by atoms with Crippen LogP contribution in [-0.4, -0.2) is 4.92 Å². The Morgan fingerprint density at radius 1 is 0.935 bits per heavy atom. The summed E-state index contributed by atoms with van der Waals surface area (Å²) in [6.45, 7) is 0. The summed E-state index contributed by atoms with van der Waals surface area (Å²) in [4.78, 5) is 24.2. The Morgan fingerprint density at radius 3 is 2.42 bits per heavy atom. The number of nitro groups is 1. The molecule has 1 aliphatic heterocycles. The van der Waals surface area contributed by atoms with Gasteiger partial charge in [-0.3, -0.25) is 10.1 Å². The lowest BCUT2D eigenvalue weighted by Gasteiger charge is -2.25. The molecule has 0 amide bonds. The van der Waals surface area contributed by atoms with Crippen molar-refractivity contribution < 1.29 is 14.1 Å². The third-order valence-corrected chi connectivity index (χ3v) is 5.49. The number of nitro benzene ring substituents is 1. The van der Waals surface area contributed by atoms with E-state index < -0.39 is 16.5 Å². The number of benzene rings is 3. The Bertz CT molecular complexity index is 1420. The van der Waals surface area contributed by atoms with Crippen molar-refractivity contribution in [2.24, 2.45) is 0 Å². The molecule has 6 nitrogen and oxygen atoms in total. The highest BCUT2D eigenvalue weighted by atomic mass is 35.5. The first-order valence-corrected chi connectivity index (χ1v) is 9.85. The van der Waals surface area contributed by atoms with E-state index in [0.717, 1.165) is 5.56 Å². The molecule has 31 heavy (non-hydrogen) atoms. The van der Waals surface area contributed by atoms with Crippen molar-refractivity contribution in [3.05, 3.63) is 121 Å². The Labute approximate surface area is 181 Å². The molecule has 0 N–H and O–H groups in total. The molecule has 0 saturated carbocycles. The van der Waals surface area contributed by atoms with Crippen molar-refractivity contribution in [3.8, 4) is 5.75 Å². The lowest BCUT2D eigenvalue weighted by Crippen LogP contribution is -2.20. The highest BCUT2D eigenvalue weighted by Crippen LogP contribution is 2.44. The Kier molecular flexibility index (Phi) is 4.56. The molecule has 5 rings (SSSR count). The normalized spacial score (nSPS) is 15.1. The number of para-hydroxylation sites is 2. The SMILES string of the molecule is O=c1oc2ccccc2c2c1C(c1ccccc1[N+](=O)[O-])C=C(c1ccc(Cl)cc1)O2. The van der Waals surface area contributed by atoms with Crippen LogP contribution in [0.4, 0.5) is 5.69 Å². The fraction of sp³-hybridized carbons (Fsp3) is 0.0417. The fourth-order valence-electron chi connectivity index (χ4n) is 3.82. The van der Waals surface area contributed by atoms with Crippen LogP contribution in [0.3, 0.4) is 0 Å². The van der Waals surface area contributed by atoms with E-state index in [1.54, 1.807) is 66.7 Å². The summed E-state index contributed by atoms with van der Waals surface area (Å²) in [5.41, 5.74) is 1.04. The molecule has 7 heteroatoms. The van der Waals surface area contributed by atoms with Crippen LogP contribution in [-0.2, 0) is 0 Å². The highest BCUT2D eigenvalue weighted by molar-refractivity contribution is 6.30. The van der Waals surface area contributed by atoms with Gasteiger partial charge >= 0.3 is 5.63 Å². The third-order valence-electron chi connectivity index (χ3n) is 5.24. The summed E-state index contributed by atoms with van der Waals surface area (Å²) >= 11 is 6.02. The average Bonchev–Trinajstić information content (AvgIpc) is 2.79. The molecule has 0 radical (unpaired) electrons. The lowest BCUT2D eigenvalue weighted by atomic mass is 9.87. The van der Waals surface area contributed by atoms with Gasteiger partial charge in [0.25, 0.3) is 5.69 Å². The van der Waals surface area contributed by atoms with Crippen molar-refractivity contribution >= 4 is 34.0 Å². The predicted octanol–water partition coefficient (Wildman–Crippen LogP) is 5.92. The Morgan fingerprint density at radius 2 is 1.65 bits per heavy atom. The zero-order valence-corrected chi connectivity index (χ0v) is 16.7. The van der Waals surface area contributed by atoms with Gasteiger partial charge in [0.05, 0.1) is 15.9 Å². The monoisotopic (exact) mass is 431 g/mol. The zero-order chi connectivity index (χ0) is 21.5. The van der Waals surface area contributed by atoms with Gasteiger partial charge in [0.15, 0.2) is 0 Å². The first kappa shape index (κ1) is 19.1. The summed E-state index contributed by atoms with van der Waals surface area (Å²) in [6.07, 6.45) is 1.71. The van der Waals surface area contributed by atoms with E-state index in [1.165, 1.54) is 6.07 Å². The van der Waals surface area contributed by atoms with Crippen LogP contribution < -0.4 is 10.4 Å². The Balaban J connectivity index is 1.82. The second-order valence-corrected chi connectivity index (χ2v) is 7.50. The lowest BCUT2D eigenvalue weighted by molar-refractivity contribution is -0.385. The maximum atomic E-state index is 13.0. The van der Waals surface area contributed by atoms with Gasteiger partial charge in [0.2, 0.25) is 0 Å². The first-order valence-electron chi connectivity index (χ1n) is 9.47. The van der Waals surface area contributed by atoms with E-state index in [9.17, 15) is 14.9 Å². The van der Waals surface area contributed by atoms with Crippen molar-refractivity contribution in [1.29, 1.82) is 0 Å². The number of halogens is 1. The van der Waals surface area contributed by atoms with Gasteiger partial charge in [-0.25, -0.2) is 4.79 Å². The quantitative estimate of drug-likeness (QED) is 0.228. The molecule has 1 aliphatic rings. The molecule has 1 unspecified atom stereocenters. The Hall–Kier alpha value is -3.90. The van der Waals surface area contributed by atoms with Gasteiger partial charge in [0, 0.05) is 28.1 Å². The van der Waals surface area contributed by atoms with Gasteiger partial charge in [0.1, 0.15) is 17.1 Å². The van der Waals surface area contributed by atoms with Crippen molar-refractivity contribution in [2.75, 3.05) is 0 Å². The standard InChI is InChI=1S/C24H14ClNO5/c25-15-11-9-14(10-12-15)21-13-18(16-5-1-3-7-19(16)26(28)29)22-23(30-21)17-6-2-4-8-20(17)31-24(22)27/h1-13,18H.